The van der Waals surface area contributed by atoms with E-state index in [2.05, 4.69) is 0 Å². The van der Waals surface area contributed by atoms with Gasteiger partial charge in [0.25, 0.3) is 0 Å². The van der Waals surface area contributed by atoms with Crippen LogP contribution in [0.25, 0.3) is 0 Å². The second-order valence-electron chi connectivity index (χ2n) is 8.45. The topological polar surface area (TPSA) is 52.6 Å². The van der Waals surface area contributed by atoms with E-state index in [9.17, 15) is 9.59 Å². The van der Waals surface area contributed by atoms with Crippen LogP contribution in [-0.2, 0) is 19.1 Å². The number of carbonyl (C=O) groups excluding carboxylic acids is 2. The van der Waals surface area contributed by atoms with Gasteiger partial charge in [0, 0.05) is 23.4 Å². The fraction of sp³-hybridized carbons (Fsp3) is 0.889. The van der Waals surface area contributed by atoms with Gasteiger partial charge in [-0.3, -0.25) is 9.59 Å². The molecule has 4 heteroatoms. The second-order valence-corrected chi connectivity index (χ2v) is 8.45. The van der Waals surface area contributed by atoms with Crippen molar-refractivity contribution in [2.75, 3.05) is 13.2 Å². The molecule has 0 N–H and O–H groups in total. The maximum Gasteiger partial charge on any atom is 0.166 e. The summed E-state index contributed by atoms with van der Waals surface area (Å²) in [5.41, 5.74) is -0.783. The van der Waals surface area contributed by atoms with E-state index in [1.54, 1.807) is 0 Å². The van der Waals surface area contributed by atoms with Crippen molar-refractivity contribution in [3.05, 3.63) is 0 Å². The maximum absolute atomic E-state index is 12.6. The minimum atomic E-state index is -0.414. The number of Topliss-reactive ketones (excluding diaryl/α,β-unsaturated/α-hetero) is 2. The normalized spacial score (nSPS) is 29.8. The summed E-state index contributed by atoms with van der Waals surface area (Å²) in [4.78, 5) is 24.9. The molecule has 2 fully saturated rings. The first-order valence-electron chi connectivity index (χ1n) is 8.43. The van der Waals surface area contributed by atoms with Gasteiger partial charge >= 0.3 is 0 Å². The van der Waals surface area contributed by atoms with Crippen LogP contribution in [0.5, 0.6) is 0 Å². The quantitative estimate of drug-likeness (QED) is 0.782. The Morgan fingerprint density at radius 2 is 1.68 bits per heavy atom. The molecule has 4 nitrogen and oxygen atoms in total. The van der Waals surface area contributed by atoms with Crippen molar-refractivity contribution >= 4 is 11.6 Å². The number of carbonyl (C=O) groups is 2. The molecule has 126 valence electrons. The zero-order valence-corrected chi connectivity index (χ0v) is 14.6. The molecule has 22 heavy (non-hydrogen) atoms. The van der Waals surface area contributed by atoms with Gasteiger partial charge in [-0.05, 0) is 25.7 Å². The van der Waals surface area contributed by atoms with E-state index in [-0.39, 0.29) is 35.1 Å². The molecule has 0 aromatic carbocycles. The van der Waals surface area contributed by atoms with Gasteiger partial charge in [0.1, 0.15) is 11.9 Å². The van der Waals surface area contributed by atoms with Crippen molar-refractivity contribution in [2.45, 2.75) is 72.5 Å². The molecule has 2 saturated heterocycles. The van der Waals surface area contributed by atoms with E-state index in [1.807, 2.05) is 34.6 Å². The first-order valence-corrected chi connectivity index (χ1v) is 8.43. The van der Waals surface area contributed by atoms with Crippen LogP contribution in [-0.4, -0.2) is 37.0 Å². The summed E-state index contributed by atoms with van der Waals surface area (Å²) >= 11 is 0. The van der Waals surface area contributed by atoms with Crippen LogP contribution in [0.3, 0.4) is 0 Å². The van der Waals surface area contributed by atoms with Gasteiger partial charge in [-0.2, -0.15) is 0 Å². The first kappa shape index (κ1) is 17.6. The van der Waals surface area contributed by atoms with Crippen LogP contribution in [0.4, 0.5) is 0 Å². The summed E-state index contributed by atoms with van der Waals surface area (Å²) in [6.45, 7) is 11.0. The third-order valence-electron chi connectivity index (χ3n) is 4.84. The van der Waals surface area contributed by atoms with Gasteiger partial charge in [-0.15, -0.1) is 0 Å². The highest BCUT2D eigenvalue weighted by molar-refractivity contribution is 5.88. The molecule has 0 radical (unpaired) electrons. The number of hydrogen-bond donors (Lipinski definition) is 0. The van der Waals surface area contributed by atoms with Gasteiger partial charge in [0.15, 0.2) is 5.78 Å². The van der Waals surface area contributed by atoms with E-state index in [0.717, 1.165) is 19.3 Å². The summed E-state index contributed by atoms with van der Waals surface area (Å²) in [5.74, 6) is 0.478. The Kier molecular flexibility index (Phi) is 5.13. The molecule has 2 rings (SSSR count). The molecule has 2 aliphatic heterocycles. The third-order valence-corrected chi connectivity index (χ3v) is 4.84. The monoisotopic (exact) mass is 310 g/mol. The largest absolute Gasteiger partial charge is 0.381 e. The van der Waals surface area contributed by atoms with Crippen molar-refractivity contribution in [3.63, 3.8) is 0 Å². The third kappa shape index (κ3) is 3.96. The van der Waals surface area contributed by atoms with E-state index in [1.165, 1.54) is 0 Å². The SMILES string of the molecule is CC(C)(C)C(=O)C1CCC(CC(C)(C)C(=O)C2CCOC2)O1. The van der Waals surface area contributed by atoms with Crippen LogP contribution >= 0.6 is 0 Å². The molecule has 0 spiro atoms. The zero-order chi connectivity index (χ0) is 16.5. The summed E-state index contributed by atoms with van der Waals surface area (Å²) in [6.07, 6.45) is 2.88. The molecule has 3 unspecified atom stereocenters. The van der Waals surface area contributed by atoms with Crippen LogP contribution in [0, 0.1) is 16.7 Å². The van der Waals surface area contributed by atoms with Gasteiger partial charge in [0.05, 0.1) is 12.7 Å². The second kappa shape index (κ2) is 6.40. The highest BCUT2D eigenvalue weighted by Gasteiger charge is 2.41. The lowest BCUT2D eigenvalue weighted by atomic mass is 9.76. The number of rotatable bonds is 5. The fourth-order valence-corrected chi connectivity index (χ4v) is 3.50. The lowest BCUT2D eigenvalue weighted by Gasteiger charge is -2.29. The van der Waals surface area contributed by atoms with Crippen LogP contribution in [0.2, 0.25) is 0 Å². The Morgan fingerprint density at radius 3 is 2.23 bits per heavy atom. The summed E-state index contributed by atoms with van der Waals surface area (Å²) < 4.78 is 11.3. The van der Waals surface area contributed by atoms with Crippen LogP contribution in [0.1, 0.15) is 60.3 Å². The standard InChI is InChI=1S/C18H30O4/c1-17(2,3)16(20)14-7-6-13(22-14)10-18(4,5)15(19)12-8-9-21-11-12/h12-14H,6-11H2,1-5H3. The van der Waals surface area contributed by atoms with Crippen LogP contribution in [0.15, 0.2) is 0 Å². The summed E-state index contributed by atoms with van der Waals surface area (Å²) in [6, 6.07) is 0. The summed E-state index contributed by atoms with van der Waals surface area (Å²) in [5, 5.41) is 0. The highest BCUT2D eigenvalue weighted by atomic mass is 16.5. The summed E-state index contributed by atoms with van der Waals surface area (Å²) in [7, 11) is 0. The minimum Gasteiger partial charge on any atom is -0.381 e. The van der Waals surface area contributed by atoms with E-state index < -0.39 is 5.41 Å². The smallest absolute Gasteiger partial charge is 0.166 e. The van der Waals surface area contributed by atoms with Gasteiger partial charge in [-0.25, -0.2) is 0 Å². The van der Waals surface area contributed by atoms with Crippen molar-refractivity contribution in [3.8, 4) is 0 Å². The first-order chi connectivity index (χ1) is 10.1. The zero-order valence-electron chi connectivity index (χ0n) is 14.6. The predicted octanol–water partition coefficient (Wildman–Crippen LogP) is 3.17. The van der Waals surface area contributed by atoms with Crippen molar-refractivity contribution in [2.24, 2.45) is 16.7 Å². The molecule has 0 aliphatic carbocycles. The molecule has 0 aromatic rings. The molecular formula is C18H30O4. The molecule has 0 bridgehead atoms. The molecular weight excluding hydrogens is 280 g/mol. The fourth-order valence-electron chi connectivity index (χ4n) is 3.50. The van der Waals surface area contributed by atoms with E-state index >= 15 is 0 Å². The van der Waals surface area contributed by atoms with Crippen molar-refractivity contribution in [1.82, 2.24) is 0 Å². The maximum atomic E-state index is 12.6. The van der Waals surface area contributed by atoms with Gasteiger partial charge in [-0.1, -0.05) is 34.6 Å². The minimum absolute atomic E-state index is 0.0116. The number of ether oxygens (including phenoxy) is 2. The average molecular weight is 310 g/mol. The highest BCUT2D eigenvalue weighted by Crippen LogP contribution is 2.36. The van der Waals surface area contributed by atoms with Crippen molar-refractivity contribution in [1.29, 1.82) is 0 Å². The Labute approximate surface area is 133 Å². The Morgan fingerprint density at radius 1 is 1.00 bits per heavy atom. The molecule has 0 amide bonds. The molecule has 2 heterocycles. The lowest BCUT2D eigenvalue weighted by Crippen LogP contribution is -2.36. The molecule has 0 aromatic heterocycles. The van der Waals surface area contributed by atoms with E-state index in [0.29, 0.717) is 19.6 Å². The Hall–Kier alpha value is -0.740. The van der Waals surface area contributed by atoms with E-state index in [4.69, 9.17) is 9.47 Å². The predicted molar refractivity (Wildman–Crippen MR) is 84.7 cm³/mol. The average Bonchev–Trinajstić information content (AvgIpc) is 3.06. The molecule has 2 aliphatic rings. The molecule has 3 atom stereocenters. The van der Waals surface area contributed by atoms with Crippen LogP contribution < -0.4 is 0 Å². The van der Waals surface area contributed by atoms with Crippen molar-refractivity contribution < 1.29 is 19.1 Å². The lowest BCUT2D eigenvalue weighted by molar-refractivity contribution is -0.139. The number of hydrogen-bond acceptors (Lipinski definition) is 4. The Bertz CT molecular complexity index is 427. The number of ketones is 2. The van der Waals surface area contributed by atoms with Gasteiger partial charge in [0.2, 0.25) is 0 Å². The van der Waals surface area contributed by atoms with Gasteiger partial charge < -0.3 is 9.47 Å². The molecule has 0 saturated carbocycles. The Balaban J connectivity index is 1.91.